The number of sulfone groups is 1. The van der Waals surface area contributed by atoms with Gasteiger partial charge in [-0.3, -0.25) is 4.68 Å². The molecule has 1 rings (SSSR count). The van der Waals surface area contributed by atoms with Crippen molar-refractivity contribution in [3.8, 4) is 0 Å². The third kappa shape index (κ3) is 3.71. The summed E-state index contributed by atoms with van der Waals surface area (Å²) in [5, 5.41) is 4.44. The summed E-state index contributed by atoms with van der Waals surface area (Å²) in [5.74, 6) is 0.553. The Morgan fingerprint density at radius 2 is 1.94 bits per heavy atom. The van der Waals surface area contributed by atoms with E-state index in [2.05, 4.69) is 5.10 Å². The fourth-order valence-corrected chi connectivity index (χ4v) is 2.67. The monoisotopic (exact) mass is 278 g/mol. The van der Waals surface area contributed by atoms with Crippen molar-refractivity contribution in [1.82, 2.24) is 9.78 Å². The molecule has 0 spiro atoms. The first kappa shape index (κ1) is 14.5. The number of hydrogen-bond donors (Lipinski definition) is 0. The van der Waals surface area contributed by atoms with Crippen LogP contribution in [0, 0.1) is 0 Å². The molecule has 1 aromatic rings. The molecule has 0 aliphatic carbocycles. The predicted molar refractivity (Wildman–Crippen MR) is 70.3 cm³/mol. The smallest absolute Gasteiger partial charge is 0.149 e. The highest BCUT2D eigenvalue weighted by molar-refractivity contribution is 7.90. The number of hydrogen-bond acceptors (Lipinski definition) is 3. The Kier molecular flexibility index (Phi) is 5.01. The fraction of sp³-hybridized carbons (Fsp3) is 0.727. The van der Waals surface area contributed by atoms with Gasteiger partial charge in [0, 0.05) is 17.5 Å². The SMILES string of the molecule is CCc1nn(CCS(C)(=O)=O)c(CC)c1CCl. The van der Waals surface area contributed by atoms with Crippen molar-refractivity contribution >= 4 is 21.4 Å². The van der Waals surface area contributed by atoms with Gasteiger partial charge in [-0.2, -0.15) is 5.10 Å². The van der Waals surface area contributed by atoms with Crippen LogP contribution < -0.4 is 0 Å². The maximum Gasteiger partial charge on any atom is 0.149 e. The highest BCUT2D eigenvalue weighted by atomic mass is 35.5. The Hall–Kier alpha value is -0.550. The van der Waals surface area contributed by atoms with Gasteiger partial charge in [-0.05, 0) is 12.8 Å². The van der Waals surface area contributed by atoms with Gasteiger partial charge in [-0.25, -0.2) is 8.42 Å². The quantitative estimate of drug-likeness (QED) is 0.746. The average Bonchev–Trinajstić information content (AvgIpc) is 2.62. The van der Waals surface area contributed by atoms with Gasteiger partial charge in [0.25, 0.3) is 0 Å². The molecule has 0 unspecified atom stereocenters. The number of halogens is 1. The molecule has 0 fully saturated rings. The average molecular weight is 279 g/mol. The van der Waals surface area contributed by atoms with E-state index < -0.39 is 9.84 Å². The fourth-order valence-electron chi connectivity index (χ4n) is 1.86. The zero-order valence-corrected chi connectivity index (χ0v) is 12.1. The summed E-state index contributed by atoms with van der Waals surface area (Å²) in [4.78, 5) is 0. The molecule has 6 heteroatoms. The minimum atomic E-state index is -2.96. The van der Waals surface area contributed by atoms with E-state index >= 15 is 0 Å². The molecular formula is C11H19ClN2O2S. The van der Waals surface area contributed by atoms with Crippen molar-refractivity contribution in [2.45, 2.75) is 39.1 Å². The van der Waals surface area contributed by atoms with Gasteiger partial charge < -0.3 is 0 Å². The van der Waals surface area contributed by atoms with Crippen molar-refractivity contribution in [3.05, 3.63) is 17.0 Å². The van der Waals surface area contributed by atoms with Gasteiger partial charge in [0.1, 0.15) is 9.84 Å². The summed E-state index contributed by atoms with van der Waals surface area (Å²) in [6, 6.07) is 0. The largest absolute Gasteiger partial charge is 0.268 e. The molecule has 98 valence electrons. The van der Waals surface area contributed by atoms with Gasteiger partial charge in [0.2, 0.25) is 0 Å². The minimum Gasteiger partial charge on any atom is -0.268 e. The molecule has 1 aromatic heterocycles. The maximum atomic E-state index is 11.2. The first-order chi connectivity index (χ1) is 7.92. The Morgan fingerprint density at radius 3 is 2.35 bits per heavy atom. The van der Waals surface area contributed by atoms with Crippen LogP contribution in [0.25, 0.3) is 0 Å². The van der Waals surface area contributed by atoms with Crippen LogP contribution in [-0.2, 0) is 35.1 Å². The highest BCUT2D eigenvalue weighted by Gasteiger charge is 2.15. The molecule has 0 amide bonds. The summed E-state index contributed by atoms with van der Waals surface area (Å²) in [7, 11) is -2.96. The molecule has 0 aromatic carbocycles. The Balaban J connectivity index is 3.03. The standard InChI is InChI=1S/C11H19ClN2O2S/c1-4-10-9(8-12)11(5-2)14(13-10)6-7-17(3,15)16/h4-8H2,1-3H3. The van der Waals surface area contributed by atoms with Crippen LogP contribution in [0.5, 0.6) is 0 Å². The Bertz CT molecular complexity index is 480. The van der Waals surface area contributed by atoms with Gasteiger partial charge in [-0.1, -0.05) is 13.8 Å². The Morgan fingerprint density at radius 1 is 1.29 bits per heavy atom. The van der Waals surface area contributed by atoms with Crippen LogP contribution in [0.1, 0.15) is 30.8 Å². The van der Waals surface area contributed by atoms with E-state index in [1.54, 1.807) is 4.68 Å². The topological polar surface area (TPSA) is 52.0 Å². The van der Waals surface area contributed by atoms with E-state index in [0.29, 0.717) is 12.4 Å². The summed E-state index contributed by atoms with van der Waals surface area (Å²) >= 11 is 5.93. The second-order valence-corrected chi connectivity index (χ2v) is 6.59. The van der Waals surface area contributed by atoms with Gasteiger partial charge in [0.15, 0.2) is 0 Å². The van der Waals surface area contributed by atoms with Crippen LogP contribution in [-0.4, -0.2) is 30.2 Å². The van der Waals surface area contributed by atoms with E-state index in [4.69, 9.17) is 11.6 Å². The van der Waals surface area contributed by atoms with Gasteiger partial charge >= 0.3 is 0 Å². The van der Waals surface area contributed by atoms with E-state index in [9.17, 15) is 8.42 Å². The van der Waals surface area contributed by atoms with E-state index in [-0.39, 0.29) is 5.75 Å². The molecule has 0 aliphatic heterocycles. The predicted octanol–water partition coefficient (Wildman–Crippen LogP) is 1.79. The van der Waals surface area contributed by atoms with E-state index in [1.807, 2.05) is 13.8 Å². The molecule has 4 nitrogen and oxygen atoms in total. The second-order valence-electron chi connectivity index (χ2n) is 4.07. The number of aromatic nitrogens is 2. The summed E-state index contributed by atoms with van der Waals surface area (Å²) in [6.45, 7) is 4.47. The lowest BCUT2D eigenvalue weighted by Gasteiger charge is -2.05. The number of rotatable bonds is 6. The zero-order valence-electron chi connectivity index (χ0n) is 10.5. The number of aryl methyl sites for hydroxylation is 2. The molecule has 0 saturated heterocycles. The van der Waals surface area contributed by atoms with Crippen LogP contribution >= 0.6 is 11.6 Å². The molecule has 0 radical (unpaired) electrons. The van der Waals surface area contributed by atoms with Gasteiger partial charge in [0.05, 0.1) is 23.9 Å². The zero-order chi connectivity index (χ0) is 13.1. The molecule has 0 bridgehead atoms. The molecule has 0 saturated carbocycles. The van der Waals surface area contributed by atoms with E-state index in [0.717, 1.165) is 29.8 Å². The summed E-state index contributed by atoms with van der Waals surface area (Å²) in [5.41, 5.74) is 3.09. The van der Waals surface area contributed by atoms with Crippen molar-refractivity contribution in [1.29, 1.82) is 0 Å². The first-order valence-corrected chi connectivity index (χ1v) is 8.33. The first-order valence-electron chi connectivity index (χ1n) is 5.74. The number of alkyl halides is 1. The molecular weight excluding hydrogens is 260 g/mol. The lowest BCUT2D eigenvalue weighted by Crippen LogP contribution is -2.14. The summed E-state index contributed by atoms with van der Waals surface area (Å²) in [6.07, 6.45) is 2.88. The lowest BCUT2D eigenvalue weighted by atomic mass is 10.1. The van der Waals surface area contributed by atoms with Crippen LogP contribution in [0.4, 0.5) is 0 Å². The molecule has 1 heterocycles. The summed E-state index contributed by atoms with van der Waals surface area (Å²) < 4.78 is 24.1. The molecule has 0 aliphatic rings. The molecule has 0 atom stereocenters. The Labute approximate surface area is 108 Å². The van der Waals surface area contributed by atoms with Crippen molar-refractivity contribution in [2.24, 2.45) is 0 Å². The number of nitrogens with zero attached hydrogens (tertiary/aromatic N) is 2. The second kappa shape index (κ2) is 5.87. The minimum absolute atomic E-state index is 0.118. The molecule has 17 heavy (non-hydrogen) atoms. The van der Waals surface area contributed by atoms with Crippen molar-refractivity contribution < 1.29 is 8.42 Å². The third-order valence-electron chi connectivity index (χ3n) is 2.73. The van der Waals surface area contributed by atoms with E-state index in [1.165, 1.54) is 6.26 Å². The normalized spacial score (nSPS) is 12.0. The van der Waals surface area contributed by atoms with Crippen molar-refractivity contribution in [3.63, 3.8) is 0 Å². The van der Waals surface area contributed by atoms with Gasteiger partial charge in [-0.15, -0.1) is 11.6 Å². The third-order valence-corrected chi connectivity index (χ3v) is 3.92. The van der Waals surface area contributed by atoms with Crippen LogP contribution in [0.3, 0.4) is 0 Å². The van der Waals surface area contributed by atoms with Crippen molar-refractivity contribution in [2.75, 3.05) is 12.0 Å². The lowest BCUT2D eigenvalue weighted by molar-refractivity contribution is 0.576. The molecule has 0 N–H and O–H groups in total. The van der Waals surface area contributed by atoms with Crippen LogP contribution in [0.2, 0.25) is 0 Å². The van der Waals surface area contributed by atoms with Crippen LogP contribution in [0.15, 0.2) is 0 Å². The highest BCUT2D eigenvalue weighted by Crippen LogP contribution is 2.18. The maximum absolute atomic E-state index is 11.2.